The molecule has 4 rings (SSSR count). The summed E-state index contributed by atoms with van der Waals surface area (Å²) in [6, 6.07) is 22.1. The number of para-hydroxylation sites is 1. The van der Waals surface area contributed by atoms with Crippen molar-refractivity contribution in [2.75, 3.05) is 32.9 Å². The van der Waals surface area contributed by atoms with Crippen molar-refractivity contribution in [3.63, 3.8) is 0 Å². The van der Waals surface area contributed by atoms with E-state index < -0.39 is 11.9 Å². The zero-order valence-electron chi connectivity index (χ0n) is 20.6. The Labute approximate surface area is 216 Å². The van der Waals surface area contributed by atoms with Gasteiger partial charge in [0.05, 0.1) is 13.2 Å². The van der Waals surface area contributed by atoms with Gasteiger partial charge in [-0.15, -0.1) is 0 Å². The van der Waals surface area contributed by atoms with Gasteiger partial charge in [-0.1, -0.05) is 36.8 Å². The number of nitrogens with zero attached hydrogens (tertiary/aromatic N) is 2. The summed E-state index contributed by atoms with van der Waals surface area (Å²) in [5, 5.41) is 14.8. The molecule has 2 N–H and O–H groups in total. The zero-order chi connectivity index (χ0) is 26.3. The summed E-state index contributed by atoms with van der Waals surface area (Å²) in [4.78, 5) is 25.0. The second-order valence-electron chi connectivity index (χ2n) is 8.30. The van der Waals surface area contributed by atoms with E-state index in [1.165, 1.54) is 24.8 Å². The molecule has 0 radical (unpaired) electrons. The first kappa shape index (κ1) is 27.6. The summed E-state index contributed by atoms with van der Waals surface area (Å²) in [5.74, 6) is -1.30. The van der Waals surface area contributed by atoms with Crippen molar-refractivity contribution >= 4 is 11.9 Å². The third-order valence-corrected chi connectivity index (χ3v) is 5.67. The van der Waals surface area contributed by atoms with Crippen molar-refractivity contribution in [1.29, 1.82) is 0 Å². The number of likely N-dealkylation sites (tertiary alicyclic amines) is 1. The molecule has 196 valence electrons. The molecular weight excluding hydrogens is 476 g/mol. The third-order valence-electron chi connectivity index (χ3n) is 5.67. The van der Waals surface area contributed by atoms with Crippen LogP contribution in [-0.4, -0.2) is 64.9 Å². The van der Waals surface area contributed by atoms with E-state index in [9.17, 15) is 0 Å². The number of rotatable bonds is 10. The van der Waals surface area contributed by atoms with Crippen molar-refractivity contribution in [2.45, 2.75) is 25.3 Å². The number of aliphatic carboxylic acids is 2. The van der Waals surface area contributed by atoms with Gasteiger partial charge in [-0.25, -0.2) is 9.59 Å². The minimum atomic E-state index is -1.82. The number of hydrogen-bond acceptors (Lipinski definition) is 7. The fourth-order valence-electron chi connectivity index (χ4n) is 3.96. The van der Waals surface area contributed by atoms with Gasteiger partial charge in [-0.05, 0) is 55.3 Å². The summed E-state index contributed by atoms with van der Waals surface area (Å²) in [7, 11) is 0. The lowest BCUT2D eigenvalue weighted by Crippen LogP contribution is -2.36. The van der Waals surface area contributed by atoms with E-state index in [1.54, 1.807) is 0 Å². The molecule has 9 heteroatoms. The van der Waals surface area contributed by atoms with Crippen LogP contribution >= 0.6 is 0 Å². The molecule has 37 heavy (non-hydrogen) atoms. The summed E-state index contributed by atoms with van der Waals surface area (Å²) in [6.07, 6.45) is 7.55. The standard InChI is InChI=1S/C26H30N2O3.C2H2O4/c1-2-9-23(10-3-1)31-25-12-6-11-24(20-25)30-19-18-29-17-16-28-15-5-4-13-26(28)22-8-7-14-27-21-22;3-1(4)2(5)6/h1-3,6-12,14,20-21,26H,4-5,13,15-19H2;(H,3,4)(H,5,6). The minimum Gasteiger partial charge on any atom is -0.491 e. The molecule has 1 fully saturated rings. The molecule has 2 heterocycles. The summed E-state index contributed by atoms with van der Waals surface area (Å²) < 4.78 is 17.6. The molecule has 1 aliphatic rings. The van der Waals surface area contributed by atoms with Crippen molar-refractivity contribution in [3.8, 4) is 17.2 Å². The van der Waals surface area contributed by atoms with Crippen LogP contribution in [0, 0.1) is 0 Å². The van der Waals surface area contributed by atoms with Gasteiger partial charge in [0.1, 0.15) is 23.9 Å². The Hall–Kier alpha value is -3.95. The van der Waals surface area contributed by atoms with Crippen LogP contribution in [0.5, 0.6) is 17.2 Å². The van der Waals surface area contributed by atoms with Crippen molar-refractivity contribution in [3.05, 3.63) is 84.7 Å². The smallest absolute Gasteiger partial charge is 0.414 e. The number of benzene rings is 2. The SMILES string of the molecule is O=C(O)C(=O)O.c1ccc(Oc2cccc(OCCOCCN3CCCCC3c3cccnc3)c2)cc1. The van der Waals surface area contributed by atoms with E-state index >= 15 is 0 Å². The fourth-order valence-corrected chi connectivity index (χ4v) is 3.96. The molecule has 2 aromatic carbocycles. The number of pyridine rings is 1. The van der Waals surface area contributed by atoms with Crippen LogP contribution in [0.4, 0.5) is 0 Å². The van der Waals surface area contributed by atoms with Crippen LogP contribution in [-0.2, 0) is 14.3 Å². The molecule has 1 saturated heterocycles. The highest BCUT2D eigenvalue weighted by Crippen LogP contribution is 2.30. The molecule has 9 nitrogen and oxygen atoms in total. The predicted molar refractivity (Wildman–Crippen MR) is 137 cm³/mol. The fraction of sp³-hybridized carbons (Fsp3) is 0.321. The lowest BCUT2D eigenvalue weighted by Gasteiger charge is -2.35. The van der Waals surface area contributed by atoms with Gasteiger partial charge in [-0.2, -0.15) is 0 Å². The number of carbonyl (C=O) groups is 2. The maximum Gasteiger partial charge on any atom is 0.414 e. The van der Waals surface area contributed by atoms with Crippen molar-refractivity contribution in [1.82, 2.24) is 9.88 Å². The Morgan fingerprint density at radius 3 is 2.35 bits per heavy atom. The lowest BCUT2D eigenvalue weighted by atomic mass is 9.96. The van der Waals surface area contributed by atoms with E-state index in [0.29, 0.717) is 25.9 Å². The van der Waals surface area contributed by atoms with Gasteiger partial charge >= 0.3 is 11.9 Å². The second-order valence-corrected chi connectivity index (χ2v) is 8.30. The number of aromatic nitrogens is 1. The third kappa shape index (κ3) is 9.91. The molecule has 3 aromatic rings. The van der Waals surface area contributed by atoms with E-state index in [0.717, 1.165) is 30.3 Å². The molecule has 0 amide bonds. The van der Waals surface area contributed by atoms with Crippen LogP contribution < -0.4 is 9.47 Å². The van der Waals surface area contributed by atoms with E-state index in [4.69, 9.17) is 34.0 Å². The normalized spacial score (nSPS) is 15.2. The number of ether oxygens (including phenoxy) is 3. The molecule has 0 saturated carbocycles. The minimum absolute atomic E-state index is 0.453. The largest absolute Gasteiger partial charge is 0.491 e. The Morgan fingerprint density at radius 1 is 0.865 bits per heavy atom. The molecule has 1 aromatic heterocycles. The van der Waals surface area contributed by atoms with E-state index in [1.807, 2.05) is 73.1 Å². The van der Waals surface area contributed by atoms with Crippen molar-refractivity contribution < 1.29 is 34.0 Å². The summed E-state index contributed by atoms with van der Waals surface area (Å²) >= 11 is 0. The monoisotopic (exact) mass is 508 g/mol. The highest BCUT2D eigenvalue weighted by Gasteiger charge is 2.23. The average molecular weight is 509 g/mol. The Kier molecular flexibility index (Phi) is 11.4. The molecule has 0 bridgehead atoms. The van der Waals surface area contributed by atoms with Crippen LogP contribution in [0.2, 0.25) is 0 Å². The number of hydrogen-bond donors (Lipinski definition) is 2. The number of carboxylic acid groups (broad SMARTS) is 2. The quantitative estimate of drug-likeness (QED) is 0.298. The number of piperidine rings is 1. The van der Waals surface area contributed by atoms with Gasteiger partial charge in [0.25, 0.3) is 0 Å². The molecule has 1 unspecified atom stereocenters. The van der Waals surface area contributed by atoms with E-state index in [-0.39, 0.29) is 0 Å². The predicted octanol–water partition coefficient (Wildman–Crippen LogP) is 4.65. The molecular formula is C28H32N2O7. The van der Waals surface area contributed by atoms with Crippen LogP contribution in [0.1, 0.15) is 30.9 Å². The first-order valence-electron chi connectivity index (χ1n) is 12.2. The molecule has 0 aliphatic carbocycles. The Balaban J connectivity index is 0.000000568. The Morgan fingerprint density at radius 2 is 1.62 bits per heavy atom. The van der Waals surface area contributed by atoms with Gasteiger partial charge in [-0.3, -0.25) is 9.88 Å². The van der Waals surface area contributed by atoms with Crippen LogP contribution in [0.25, 0.3) is 0 Å². The summed E-state index contributed by atoms with van der Waals surface area (Å²) in [5.41, 5.74) is 1.31. The van der Waals surface area contributed by atoms with Crippen LogP contribution in [0.3, 0.4) is 0 Å². The molecule has 1 aliphatic heterocycles. The summed E-state index contributed by atoms with van der Waals surface area (Å²) in [6.45, 7) is 3.83. The highest BCUT2D eigenvalue weighted by molar-refractivity contribution is 6.27. The zero-order valence-corrected chi connectivity index (χ0v) is 20.6. The van der Waals surface area contributed by atoms with Gasteiger partial charge in [0.15, 0.2) is 0 Å². The second kappa shape index (κ2) is 15.2. The maximum absolute atomic E-state index is 9.10. The Bertz CT molecular complexity index is 1080. The van der Waals surface area contributed by atoms with Gasteiger partial charge < -0.3 is 24.4 Å². The van der Waals surface area contributed by atoms with Gasteiger partial charge in [0.2, 0.25) is 0 Å². The first-order chi connectivity index (χ1) is 18.0. The highest BCUT2D eigenvalue weighted by atomic mass is 16.5. The molecule has 1 atom stereocenters. The van der Waals surface area contributed by atoms with Crippen molar-refractivity contribution in [2.24, 2.45) is 0 Å². The first-order valence-corrected chi connectivity index (χ1v) is 12.2. The average Bonchev–Trinajstić information content (AvgIpc) is 2.92. The number of carboxylic acids is 2. The topological polar surface area (TPSA) is 118 Å². The van der Waals surface area contributed by atoms with Gasteiger partial charge in [0, 0.05) is 31.0 Å². The van der Waals surface area contributed by atoms with E-state index in [2.05, 4.69) is 16.0 Å². The molecule has 0 spiro atoms. The van der Waals surface area contributed by atoms with Crippen LogP contribution in [0.15, 0.2) is 79.1 Å². The lowest BCUT2D eigenvalue weighted by molar-refractivity contribution is -0.159. The maximum atomic E-state index is 9.10.